The van der Waals surface area contributed by atoms with Crippen molar-refractivity contribution in [1.82, 2.24) is 5.32 Å². The number of rotatable bonds is 10. The number of carbonyl (C=O) groups excluding carboxylic acids is 1. The quantitative estimate of drug-likeness (QED) is 0.387. The Morgan fingerprint density at radius 1 is 0.971 bits per heavy atom. The lowest BCUT2D eigenvalue weighted by atomic mass is 10.1. The van der Waals surface area contributed by atoms with Gasteiger partial charge in [0.05, 0.1) is 42.2 Å². The lowest BCUT2D eigenvalue weighted by Gasteiger charge is -2.24. The van der Waals surface area contributed by atoms with Crippen LogP contribution < -0.4 is 19.1 Å². The fourth-order valence-electron chi connectivity index (χ4n) is 3.10. The number of halogens is 2. The van der Waals surface area contributed by atoms with Gasteiger partial charge in [0.2, 0.25) is 10.0 Å². The number of sulfonamides is 1. The van der Waals surface area contributed by atoms with Gasteiger partial charge in [0, 0.05) is 5.56 Å². The molecule has 0 saturated carbocycles. The third-order valence-electron chi connectivity index (χ3n) is 4.86. The summed E-state index contributed by atoms with van der Waals surface area (Å²) in [6, 6.07) is 18.6. The lowest BCUT2D eigenvalue weighted by molar-refractivity contribution is 0.0947. The SMILES string of the molecule is COc1ccc(OCCNC(=O)c2ccc(CN(c3cccc(Cl)c3Cl)S(C)(=O)=O)cc2)cc1. The summed E-state index contributed by atoms with van der Waals surface area (Å²) in [6.07, 6.45) is 1.10. The van der Waals surface area contributed by atoms with Gasteiger partial charge in [-0.1, -0.05) is 41.4 Å². The van der Waals surface area contributed by atoms with Crippen molar-refractivity contribution in [2.24, 2.45) is 0 Å². The summed E-state index contributed by atoms with van der Waals surface area (Å²) >= 11 is 12.3. The van der Waals surface area contributed by atoms with E-state index in [-0.39, 0.29) is 28.2 Å². The number of hydrogen-bond acceptors (Lipinski definition) is 5. The second-order valence-electron chi connectivity index (χ2n) is 7.32. The molecule has 0 aromatic heterocycles. The van der Waals surface area contributed by atoms with E-state index in [9.17, 15) is 13.2 Å². The average Bonchev–Trinajstić information content (AvgIpc) is 2.82. The van der Waals surface area contributed by atoms with Crippen molar-refractivity contribution >= 4 is 44.8 Å². The van der Waals surface area contributed by atoms with Crippen LogP contribution in [-0.2, 0) is 16.6 Å². The van der Waals surface area contributed by atoms with E-state index in [0.29, 0.717) is 30.0 Å². The number of amides is 1. The number of anilines is 1. The van der Waals surface area contributed by atoms with Gasteiger partial charge in [-0.15, -0.1) is 0 Å². The van der Waals surface area contributed by atoms with Crippen LogP contribution in [0.15, 0.2) is 66.7 Å². The average molecular weight is 523 g/mol. The van der Waals surface area contributed by atoms with Crippen LogP contribution in [0.1, 0.15) is 15.9 Å². The first-order chi connectivity index (χ1) is 16.2. The topological polar surface area (TPSA) is 84.9 Å². The molecule has 3 aromatic carbocycles. The second kappa shape index (κ2) is 11.5. The molecule has 34 heavy (non-hydrogen) atoms. The molecule has 3 rings (SSSR count). The standard InChI is InChI=1S/C24H24Cl2N2O5S/c1-32-19-10-12-20(13-11-19)33-15-14-27-24(29)18-8-6-17(7-9-18)16-28(34(2,30)31)22-5-3-4-21(25)23(22)26/h3-13H,14-16H2,1-2H3,(H,27,29). The molecule has 0 heterocycles. The second-order valence-corrected chi connectivity index (χ2v) is 10.0. The van der Waals surface area contributed by atoms with Gasteiger partial charge in [-0.2, -0.15) is 0 Å². The maximum atomic E-state index is 12.4. The highest BCUT2D eigenvalue weighted by Gasteiger charge is 2.21. The molecule has 0 spiro atoms. The van der Waals surface area contributed by atoms with Crippen molar-refractivity contribution in [2.75, 3.05) is 30.8 Å². The Kier molecular flexibility index (Phi) is 8.66. The predicted octanol–water partition coefficient (Wildman–Crippen LogP) is 4.78. The molecule has 180 valence electrons. The van der Waals surface area contributed by atoms with Crippen LogP contribution in [0.4, 0.5) is 5.69 Å². The Labute approximate surface area is 209 Å². The number of hydrogen-bond donors (Lipinski definition) is 1. The normalized spacial score (nSPS) is 11.1. The van der Waals surface area contributed by atoms with Crippen molar-refractivity contribution in [3.63, 3.8) is 0 Å². The first-order valence-electron chi connectivity index (χ1n) is 10.2. The van der Waals surface area contributed by atoms with Crippen molar-refractivity contribution < 1.29 is 22.7 Å². The number of methoxy groups -OCH3 is 1. The van der Waals surface area contributed by atoms with E-state index < -0.39 is 10.0 Å². The first kappa shape index (κ1) is 25.7. The minimum atomic E-state index is -3.63. The monoisotopic (exact) mass is 522 g/mol. The summed E-state index contributed by atoms with van der Waals surface area (Å²) in [5.41, 5.74) is 1.41. The zero-order valence-electron chi connectivity index (χ0n) is 18.6. The van der Waals surface area contributed by atoms with Gasteiger partial charge in [0.25, 0.3) is 5.91 Å². The van der Waals surface area contributed by atoms with E-state index in [1.165, 1.54) is 4.31 Å². The first-order valence-corrected chi connectivity index (χ1v) is 12.8. The van der Waals surface area contributed by atoms with Crippen LogP contribution in [0, 0.1) is 0 Å². The number of nitrogens with zero attached hydrogens (tertiary/aromatic N) is 1. The zero-order chi connectivity index (χ0) is 24.7. The molecule has 0 aliphatic heterocycles. The molecule has 0 unspecified atom stereocenters. The van der Waals surface area contributed by atoms with Crippen molar-refractivity contribution in [1.29, 1.82) is 0 Å². The molecular weight excluding hydrogens is 499 g/mol. The largest absolute Gasteiger partial charge is 0.497 e. The highest BCUT2D eigenvalue weighted by molar-refractivity contribution is 7.92. The highest BCUT2D eigenvalue weighted by Crippen LogP contribution is 2.34. The van der Waals surface area contributed by atoms with Crippen LogP contribution in [0.25, 0.3) is 0 Å². The third kappa shape index (κ3) is 6.79. The Bertz CT molecular complexity index is 1230. The van der Waals surface area contributed by atoms with E-state index in [1.54, 1.807) is 73.8 Å². The maximum Gasteiger partial charge on any atom is 0.251 e. The third-order valence-corrected chi connectivity index (χ3v) is 6.79. The Morgan fingerprint density at radius 3 is 2.24 bits per heavy atom. The molecule has 1 N–H and O–H groups in total. The smallest absolute Gasteiger partial charge is 0.251 e. The molecule has 0 atom stereocenters. The number of carbonyl (C=O) groups is 1. The summed E-state index contributed by atoms with van der Waals surface area (Å²) in [7, 11) is -2.04. The van der Waals surface area contributed by atoms with Gasteiger partial charge in [0.1, 0.15) is 18.1 Å². The van der Waals surface area contributed by atoms with Crippen LogP contribution in [0.2, 0.25) is 10.0 Å². The molecule has 0 saturated heterocycles. The zero-order valence-corrected chi connectivity index (χ0v) is 21.0. The summed E-state index contributed by atoms with van der Waals surface area (Å²) < 4.78 is 36.7. The molecule has 1 amide bonds. The van der Waals surface area contributed by atoms with E-state index >= 15 is 0 Å². The van der Waals surface area contributed by atoms with Crippen LogP contribution in [0.5, 0.6) is 11.5 Å². The number of ether oxygens (including phenoxy) is 2. The van der Waals surface area contributed by atoms with E-state index in [4.69, 9.17) is 32.7 Å². The van der Waals surface area contributed by atoms with Crippen LogP contribution >= 0.6 is 23.2 Å². The van der Waals surface area contributed by atoms with Gasteiger partial charge in [-0.25, -0.2) is 8.42 Å². The maximum absolute atomic E-state index is 12.4. The Balaban J connectivity index is 1.58. The van der Waals surface area contributed by atoms with Gasteiger partial charge in [0.15, 0.2) is 0 Å². The van der Waals surface area contributed by atoms with Gasteiger partial charge in [-0.05, 0) is 54.1 Å². The van der Waals surface area contributed by atoms with Crippen molar-refractivity contribution in [3.05, 3.63) is 87.9 Å². The fraction of sp³-hybridized carbons (Fsp3) is 0.208. The summed E-state index contributed by atoms with van der Waals surface area (Å²) in [4.78, 5) is 12.4. The minimum absolute atomic E-state index is 0.0382. The number of nitrogens with one attached hydrogen (secondary N) is 1. The molecule has 3 aromatic rings. The predicted molar refractivity (Wildman–Crippen MR) is 135 cm³/mol. The summed E-state index contributed by atoms with van der Waals surface area (Å²) in [6.45, 7) is 0.665. The molecule has 0 bridgehead atoms. The summed E-state index contributed by atoms with van der Waals surface area (Å²) in [5, 5.41) is 3.20. The van der Waals surface area contributed by atoms with Gasteiger partial charge in [-0.3, -0.25) is 9.10 Å². The Morgan fingerprint density at radius 2 is 1.62 bits per heavy atom. The Hall–Kier alpha value is -2.94. The number of benzene rings is 3. The molecule has 0 aliphatic rings. The van der Waals surface area contributed by atoms with Crippen LogP contribution in [0.3, 0.4) is 0 Å². The van der Waals surface area contributed by atoms with E-state index in [0.717, 1.165) is 12.0 Å². The molecule has 7 nitrogen and oxygen atoms in total. The molecule has 0 aliphatic carbocycles. The molecule has 0 radical (unpaired) electrons. The van der Waals surface area contributed by atoms with Crippen molar-refractivity contribution in [3.8, 4) is 11.5 Å². The van der Waals surface area contributed by atoms with Crippen molar-refractivity contribution in [2.45, 2.75) is 6.54 Å². The molecular formula is C24H24Cl2N2O5S. The van der Waals surface area contributed by atoms with Gasteiger partial charge < -0.3 is 14.8 Å². The highest BCUT2D eigenvalue weighted by atomic mass is 35.5. The van der Waals surface area contributed by atoms with E-state index in [2.05, 4.69) is 5.32 Å². The molecule has 0 fully saturated rings. The molecule has 10 heteroatoms. The van der Waals surface area contributed by atoms with Gasteiger partial charge >= 0.3 is 0 Å². The summed E-state index contributed by atoms with van der Waals surface area (Å²) in [5.74, 6) is 1.15. The minimum Gasteiger partial charge on any atom is -0.497 e. The fourth-order valence-corrected chi connectivity index (χ4v) is 4.44. The lowest BCUT2D eigenvalue weighted by Crippen LogP contribution is -2.30. The van der Waals surface area contributed by atoms with Crippen LogP contribution in [-0.4, -0.2) is 40.8 Å². The van der Waals surface area contributed by atoms with E-state index in [1.807, 2.05) is 0 Å².